The van der Waals surface area contributed by atoms with Crippen LogP contribution in [0.25, 0.3) is 16.9 Å². The van der Waals surface area contributed by atoms with E-state index < -0.39 is 5.97 Å². The molecular formula is C18H16N2O4. The van der Waals surface area contributed by atoms with E-state index in [1.165, 1.54) is 6.07 Å². The highest BCUT2D eigenvalue weighted by Gasteiger charge is 2.16. The Balaban J connectivity index is 2.19. The van der Waals surface area contributed by atoms with E-state index in [9.17, 15) is 9.90 Å². The molecular weight excluding hydrogens is 308 g/mol. The lowest BCUT2D eigenvalue weighted by atomic mass is 10.1. The number of ether oxygens (including phenoxy) is 2. The first-order chi connectivity index (χ1) is 11.6. The van der Waals surface area contributed by atoms with Crippen molar-refractivity contribution in [3.8, 4) is 28.4 Å². The average molecular weight is 324 g/mol. The van der Waals surface area contributed by atoms with Crippen LogP contribution in [0.15, 0.2) is 54.6 Å². The Labute approximate surface area is 138 Å². The quantitative estimate of drug-likeness (QED) is 0.780. The summed E-state index contributed by atoms with van der Waals surface area (Å²) >= 11 is 0. The van der Waals surface area contributed by atoms with Crippen molar-refractivity contribution in [2.75, 3.05) is 14.2 Å². The standard InChI is InChI=1S/C18H16N2O4/c1-23-14-7-3-5-12(9-14)17-11-16(18(21)22)19-20(17)13-6-4-8-15(10-13)24-2/h3-11H,1-2H3,(H,21,22). The van der Waals surface area contributed by atoms with Crippen LogP contribution in [0.2, 0.25) is 0 Å². The van der Waals surface area contributed by atoms with E-state index in [4.69, 9.17) is 9.47 Å². The van der Waals surface area contributed by atoms with Gasteiger partial charge in [-0.1, -0.05) is 18.2 Å². The molecule has 1 aromatic heterocycles. The molecule has 3 aromatic rings. The molecule has 122 valence electrons. The van der Waals surface area contributed by atoms with Gasteiger partial charge in [0.25, 0.3) is 0 Å². The smallest absolute Gasteiger partial charge is 0.356 e. The lowest BCUT2D eigenvalue weighted by Crippen LogP contribution is -2.02. The van der Waals surface area contributed by atoms with E-state index >= 15 is 0 Å². The maximum atomic E-state index is 11.4. The lowest BCUT2D eigenvalue weighted by Gasteiger charge is -2.10. The molecule has 1 heterocycles. The van der Waals surface area contributed by atoms with Gasteiger partial charge in [0.15, 0.2) is 5.69 Å². The fourth-order valence-corrected chi connectivity index (χ4v) is 2.41. The third kappa shape index (κ3) is 2.94. The van der Waals surface area contributed by atoms with Crippen molar-refractivity contribution in [2.24, 2.45) is 0 Å². The number of hydrogen-bond acceptors (Lipinski definition) is 4. The first kappa shape index (κ1) is 15.6. The van der Waals surface area contributed by atoms with Gasteiger partial charge in [0.2, 0.25) is 0 Å². The van der Waals surface area contributed by atoms with Crippen LogP contribution in [0.1, 0.15) is 10.5 Å². The third-order valence-corrected chi connectivity index (χ3v) is 3.59. The number of methoxy groups -OCH3 is 2. The average Bonchev–Trinajstić information content (AvgIpc) is 3.07. The zero-order chi connectivity index (χ0) is 17.1. The predicted octanol–water partition coefficient (Wildman–Crippen LogP) is 3.25. The van der Waals surface area contributed by atoms with Gasteiger partial charge in [0.1, 0.15) is 11.5 Å². The summed E-state index contributed by atoms with van der Waals surface area (Å²) in [5.74, 6) is 0.264. The molecule has 0 radical (unpaired) electrons. The van der Waals surface area contributed by atoms with Crippen LogP contribution in [0, 0.1) is 0 Å². The minimum Gasteiger partial charge on any atom is -0.497 e. The summed E-state index contributed by atoms with van der Waals surface area (Å²) < 4.78 is 12.1. The first-order valence-corrected chi connectivity index (χ1v) is 7.24. The Bertz CT molecular complexity index is 821. The van der Waals surface area contributed by atoms with Gasteiger partial charge < -0.3 is 14.6 Å². The van der Waals surface area contributed by atoms with Crippen LogP contribution < -0.4 is 9.47 Å². The molecule has 24 heavy (non-hydrogen) atoms. The normalized spacial score (nSPS) is 10.4. The molecule has 0 aliphatic carbocycles. The number of aromatic carboxylic acids is 1. The number of carboxylic acid groups (broad SMARTS) is 1. The fourth-order valence-electron chi connectivity index (χ4n) is 2.41. The zero-order valence-corrected chi connectivity index (χ0v) is 13.3. The summed E-state index contributed by atoms with van der Waals surface area (Å²) in [6, 6.07) is 16.2. The molecule has 0 fully saturated rings. The van der Waals surface area contributed by atoms with Crippen LogP contribution in [-0.2, 0) is 0 Å². The van der Waals surface area contributed by atoms with Crippen LogP contribution in [0.4, 0.5) is 0 Å². The van der Waals surface area contributed by atoms with Crippen LogP contribution in [0.5, 0.6) is 11.5 Å². The van der Waals surface area contributed by atoms with Gasteiger partial charge in [0, 0.05) is 11.6 Å². The van der Waals surface area contributed by atoms with Crippen molar-refractivity contribution in [1.82, 2.24) is 9.78 Å². The number of hydrogen-bond donors (Lipinski definition) is 1. The van der Waals surface area contributed by atoms with Gasteiger partial charge in [0.05, 0.1) is 25.6 Å². The number of rotatable bonds is 5. The van der Waals surface area contributed by atoms with Crippen LogP contribution >= 0.6 is 0 Å². The Kier molecular flexibility index (Phi) is 4.20. The number of carbonyl (C=O) groups is 1. The summed E-state index contributed by atoms with van der Waals surface area (Å²) in [6.45, 7) is 0. The third-order valence-electron chi connectivity index (χ3n) is 3.59. The molecule has 1 N–H and O–H groups in total. The number of aromatic nitrogens is 2. The molecule has 6 nitrogen and oxygen atoms in total. The first-order valence-electron chi connectivity index (χ1n) is 7.24. The molecule has 0 saturated heterocycles. The van der Waals surface area contributed by atoms with Crippen molar-refractivity contribution >= 4 is 5.97 Å². The second-order valence-corrected chi connectivity index (χ2v) is 5.07. The monoisotopic (exact) mass is 324 g/mol. The van der Waals surface area contributed by atoms with Gasteiger partial charge in [-0.3, -0.25) is 0 Å². The summed E-state index contributed by atoms with van der Waals surface area (Å²) in [7, 11) is 3.16. The van der Waals surface area contributed by atoms with Gasteiger partial charge >= 0.3 is 5.97 Å². The minimum absolute atomic E-state index is 0.0318. The van der Waals surface area contributed by atoms with E-state index in [2.05, 4.69) is 5.10 Å². The van der Waals surface area contributed by atoms with E-state index in [0.29, 0.717) is 22.9 Å². The van der Waals surface area contributed by atoms with Crippen LogP contribution in [-0.4, -0.2) is 35.1 Å². The van der Waals surface area contributed by atoms with Crippen molar-refractivity contribution in [2.45, 2.75) is 0 Å². The molecule has 0 aliphatic heterocycles. The number of carboxylic acids is 1. The second-order valence-electron chi connectivity index (χ2n) is 5.07. The highest BCUT2D eigenvalue weighted by molar-refractivity contribution is 5.87. The van der Waals surface area contributed by atoms with Gasteiger partial charge in [-0.15, -0.1) is 0 Å². The number of benzene rings is 2. The molecule has 0 saturated carbocycles. The summed E-state index contributed by atoms with van der Waals surface area (Å²) in [5, 5.41) is 13.5. The lowest BCUT2D eigenvalue weighted by molar-refractivity contribution is 0.0690. The molecule has 2 aromatic carbocycles. The van der Waals surface area contributed by atoms with Crippen molar-refractivity contribution in [3.63, 3.8) is 0 Å². The summed E-state index contributed by atoms with van der Waals surface area (Å²) in [4.78, 5) is 11.4. The molecule has 0 atom stereocenters. The Morgan fingerprint density at radius 3 is 2.33 bits per heavy atom. The van der Waals surface area contributed by atoms with E-state index in [1.807, 2.05) is 42.5 Å². The predicted molar refractivity (Wildman–Crippen MR) is 89.1 cm³/mol. The van der Waals surface area contributed by atoms with Crippen molar-refractivity contribution in [3.05, 3.63) is 60.3 Å². The molecule has 0 unspecified atom stereocenters. The molecule has 6 heteroatoms. The fraction of sp³-hybridized carbons (Fsp3) is 0.111. The molecule has 0 amide bonds. The maximum Gasteiger partial charge on any atom is 0.356 e. The number of nitrogens with zero attached hydrogens (tertiary/aromatic N) is 2. The molecule has 0 bridgehead atoms. The molecule has 0 spiro atoms. The van der Waals surface area contributed by atoms with Crippen LogP contribution in [0.3, 0.4) is 0 Å². The Morgan fingerprint density at radius 1 is 1.00 bits per heavy atom. The Morgan fingerprint density at radius 2 is 1.67 bits per heavy atom. The van der Waals surface area contributed by atoms with Gasteiger partial charge in [-0.2, -0.15) is 5.10 Å². The molecule has 0 aliphatic rings. The van der Waals surface area contributed by atoms with E-state index in [1.54, 1.807) is 25.0 Å². The van der Waals surface area contributed by atoms with E-state index in [0.717, 1.165) is 5.56 Å². The SMILES string of the molecule is COc1cccc(-c2cc(C(=O)O)nn2-c2cccc(OC)c2)c1. The van der Waals surface area contributed by atoms with Gasteiger partial charge in [-0.25, -0.2) is 9.48 Å². The maximum absolute atomic E-state index is 11.4. The highest BCUT2D eigenvalue weighted by Crippen LogP contribution is 2.28. The minimum atomic E-state index is -1.08. The second kappa shape index (κ2) is 6.45. The van der Waals surface area contributed by atoms with Gasteiger partial charge in [-0.05, 0) is 30.3 Å². The largest absolute Gasteiger partial charge is 0.497 e. The zero-order valence-electron chi connectivity index (χ0n) is 13.3. The van der Waals surface area contributed by atoms with E-state index in [-0.39, 0.29) is 5.69 Å². The highest BCUT2D eigenvalue weighted by atomic mass is 16.5. The van der Waals surface area contributed by atoms with Crippen molar-refractivity contribution < 1.29 is 19.4 Å². The summed E-state index contributed by atoms with van der Waals surface area (Å²) in [5.41, 5.74) is 2.13. The molecule has 3 rings (SSSR count). The summed E-state index contributed by atoms with van der Waals surface area (Å²) in [6.07, 6.45) is 0. The Hall–Kier alpha value is -3.28. The topological polar surface area (TPSA) is 73.6 Å². The van der Waals surface area contributed by atoms with Crippen molar-refractivity contribution in [1.29, 1.82) is 0 Å².